The van der Waals surface area contributed by atoms with Crippen molar-refractivity contribution < 1.29 is 23.7 Å². The van der Waals surface area contributed by atoms with Gasteiger partial charge in [0.25, 0.3) is 0 Å². The molecule has 0 N–H and O–H groups in total. The van der Waals surface area contributed by atoms with E-state index < -0.39 is 11.7 Å². The molecule has 0 spiro atoms. The van der Waals surface area contributed by atoms with Crippen molar-refractivity contribution in [2.75, 3.05) is 27.1 Å². The topological polar surface area (TPSA) is 54.0 Å². The highest BCUT2D eigenvalue weighted by molar-refractivity contribution is 8.08. The van der Waals surface area contributed by atoms with Gasteiger partial charge in [0, 0.05) is 27.1 Å². The summed E-state index contributed by atoms with van der Waals surface area (Å²) in [6.07, 6.45) is -0.243. The molecular formula is C10H20O5SSi. The van der Waals surface area contributed by atoms with Crippen LogP contribution in [-0.4, -0.2) is 59.7 Å². The van der Waals surface area contributed by atoms with Gasteiger partial charge in [-0.15, -0.1) is 11.8 Å². The van der Waals surface area contributed by atoms with E-state index in [0.717, 1.165) is 5.75 Å². The van der Waals surface area contributed by atoms with Crippen LogP contribution in [0.1, 0.15) is 13.3 Å². The van der Waals surface area contributed by atoms with Crippen LogP contribution >= 0.6 is 11.8 Å². The summed E-state index contributed by atoms with van der Waals surface area (Å²) in [5, 5.41) is 0. The molecule has 17 heavy (non-hydrogen) atoms. The van der Waals surface area contributed by atoms with Gasteiger partial charge in [-0.05, 0) is 6.92 Å². The van der Waals surface area contributed by atoms with Crippen LogP contribution in [0.25, 0.3) is 0 Å². The van der Waals surface area contributed by atoms with Crippen LogP contribution in [-0.2, 0) is 23.7 Å². The molecule has 2 atom stereocenters. The quantitative estimate of drug-likeness (QED) is 0.276. The lowest BCUT2D eigenvalue weighted by Gasteiger charge is -2.30. The van der Waals surface area contributed by atoms with Crippen LogP contribution < -0.4 is 0 Å². The Morgan fingerprint density at radius 2 is 2.00 bits per heavy atom. The summed E-state index contributed by atoms with van der Waals surface area (Å²) in [4.78, 5) is 11.8. The second-order valence-corrected chi connectivity index (χ2v) is 7.34. The second kappa shape index (κ2) is 5.70. The first-order valence-corrected chi connectivity index (χ1v) is 7.36. The number of rotatable bonds is 7. The minimum absolute atomic E-state index is 0.231. The van der Waals surface area contributed by atoms with Crippen molar-refractivity contribution in [3.8, 4) is 0 Å². The molecule has 0 aromatic carbocycles. The summed E-state index contributed by atoms with van der Waals surface area (Å²) in [5.41, 5.74) is -0.682. The minimum Gasteiger partial charge on any atom is -0.435 e. The van der Waals surface area contributed by atoms with Gasteiger partial charge in [-0.3, -0.25) is 4.79 Å². The molecule has 1 aliphatic heterocycles. The Morgan fingerprint density at radius 1 is 1.47 bits per heavy atom. The first-order valence-electron chi connectivity index (χ1n) is 5.37. The van der Waals surface area contributed by atoms with E-state index in [-0.39, 0.29) is 10.7 Å². The van der Waals surface area contributed by atoms with Crippen molar-refractivity contribution in [2.45, 2.75) is 29.8 Å². The molecule has 0 amide bonds. The Balaban J connectivity index is 2.51. The zero-order chi connectivity index (χ0) is 13.1. The van der Waals surface area contributed by atoms with Crippen molar-refractivity contribution in [3.05, 3.63) is 0 Å². The molecule has 1 fully saturated rings. The zero-order valence-corrected chi connectivity index (χ0v) is 13.8. The molecule has 1 heterocycles. The van der Waals surface area contributed by atoms with E-state index in [4.69, 9.17) is 18.9 Å². The fourth-order valence-electron chi connectivity index (χ4n) is 1.20. The highest BCUT2D eigenvalue weighted by Gasteiger charge is 2.49. The Morgan fingerprint density at radius 3 is 2.35 bits per heavy atom. The third kappa shape index (κ3) is 3.96. The Kier molecular flexibility index (Phi) is 5.03. The number of esters is 1. The molecule has 0 aliphatic carbocycles. The number of thioether (sulfide) groups is 1. The number of carbonyl (C=O) groups excluding carboxylic acids is 1. The predicted octanol–water partition coefficient (Wildman–Crippen LogP) is -0.290. The molecule has 0 aromatic rings. The summed E-state index contributed by atoms with van der Waals surface area (Å²) in [6, 6.07) is 0. The standard InChI is InChI=1S/C10H20O5SSi/c1-9(6-16-9)8(11)15-7(12-2)5-10(17,13-3)14-4/h7H,5-6H2,1-4,17H3. The third-order valence-electron chi connectivity index (χ3n) is 2.91. The Labute approximate surface area is 109 Å². The van der Waals surface area contributed by atoms with Crippen LogP contribution in [0.2, 0.25) is 0 Å². The Hall–Kier alpha value is -0.0831. The summed E-state index contributed by atoms with van der Waals surface area (Å²) in [7, 11) is 5.31. The van der Waals surface area contributed by atoms with E-state index in [0.29, 0.717) is 16.7 Å². The molecule has 5 nitrogen and oxygen atoms in total. The van der Waals surface area contributed by atoms with Crippen molar-refractivity contribution in [1.82, 2.24) is 0 Å². The molecule has 100 valence electrons. The van der Waals surface area contributed by atoms with E-state index in [9.17, 15) is 4.79 Å². The number of hydrogen-bond acceptors (Lipinski definition) is 6. The molecule has 7 heteroatoms. The molecule has 2 unspecified atom stereocenters. The number of methoxy groups -OCH3 is 3. The lowest BCUT2D eigenvalue weighted by Crippen LogP contribution is -2.41. The number of hydrogen-bond donors (Lipinski definition) is 0. The van der Waals surface area contributed by atoms with Crippen LogP contribution in [0.15, 0.2) is 0 Å². The van der Waals surface area contributed by atoms with Gasteiger partial charge in [0.15, 0.2) is 0 Å². The van der Waals surface area contributed by atoms with Crippen molar-refractivity contribution >= 4 is 28.0 Å². The highest BCUT2D eigenvalue weighted by atomic mass is 32.2. The van der Waals surface area contributed by atoms with Gasteiger partial charge in [0.2, 0.25) is 6.29 Å². The van der Waals surface area contributed by atoms with Gasteiger partial charge in [-0.2, -0.15) is 0 Å². The third-order valence-corrected chi connectivity index (χ3v) is 5.46. The summed E-state index contributed by atoms with van der Waals surface area (Å²) >= 11 is 1.58. The van der Waals surface area contributed by atoms with Crippen LogP contribution in [0, 0.1) is 0 Å². The minimum atomic E-state index is -0.682. The van der Waals surface area contributed by atoms with Crippen LogP contribution in [0.3, 0.4) is 0 Å². The maximum atomic E-state index is 11.8. The lowest BCUT2D eigenvalue weighted by molar-refractivity contribution is -0.212. The lowest BCUT2D eigenvalue weighted by atomic mass is 10.2. The Bertz CT molecular complexity index is 278. The van der Waals surface area contributed by atoms with Gasteiger partial charge < -0.3 is 18.9 Å². The van der Waals surface area contributed by atoms with Crippen molar-refractivity contribution in [2.24, 2.45) is 0 Å². The van der Waals surface area contributed by atoms with Crippen molar-refractivity contribution in [1.29, 1.82) is 0 Å². The van der Waals surface area contributed by atoms with Gasteiger partial charge in [0.1, 0.15) is 10.2 Å². The van der Waals surface area contributed by atoms with Crippen molar-refractivity contribution in [3.63, 3.8) is 0 Å². The van der Waals surface area contributed by atoms with Crippen LogP contribution in [0.4, 0.5) is 0 Å². The monoisotopic (exact) mass is 280 g/mol. The SMILES string of the molecule is COC(CC([SiH3])(OC)OC)OC(=O)C1(C)CS1. The predicted molar refractivity (Wildman–Crippen MR) is 69.1 cm³/mol. The highest BCUT2D eigenvalue weighted by Crippen LogP contribution is 2.45. The number of ether oxygens (including phenoxy) is 4. The molecule has 0 saturated carbocycles. The molecule has 0 radical (unpaired) electrons. The van der Waals surface area contributed by atoms with E-state index in [1.165, 1.54) is 7.11 Å². The maximum absolute atomic E-state index is 11.8. The molecule has 0 aromatic heterocycles. The van der Waals surface area contributed by atoms with Gasteiger partial charge >= 0.3 is 5.97 Å². The van der Waals surface area contributed by atoms with E-state index in [2.05, 4.69) is 0 Å². The normalized spacial score (nSPS) is 25.6. The fourth-order valence-corrected chi connectivity index (χ4v) is 2.03. The first kappa shape index (κ1) is 15.0. The van der Waals surface area contributed by atoms with Gasteiger partial charge in [-0.25, -0.2) is 0 Å². The fraction of sp³-hybridized carbons (Fsp3) is 0.900. The number of carbonyl (C=O) groups is 1. The first-order chi connectivity index (χ1) is 7.89. The largest absolute Gasteiger partial charge is 0.435 e. The van der Waals surface area contributed by atoms with Gasteiger partial charge in [0.05, 0.1) is 16.7 Å². The van der Waals surface area contributed by atoms with E-state index in [1.54, 1.807) is 26.0 Å². The molecule has 0 bridgehead atoms. The summed E-state index contributed by atoms with van der Waals surface area (Å²) in [6.45, 7) is 1.87. The summed E-state index contributed by atoms with van der Waals surface area (Å²) in [5.74, 6) is 0.577. The molecular weight excluding hydrogens is 260 g/mol. The van der Waals surface area contributed by atoms with Gasteiger partial charge in [-0.1, -0.05) is 0 Å². The molecule has 1 aliphatic rings. The average Bonchev–Trinajstić information content (AvgIpc) is 3.07. The summed E-state index contributed by atoms with van der Waals surface area (Å²) < 4.78 is 20.6. The average molecular weight is 280 g/mol. The smallest absolute Gasteiger partial charge is 0.325 e. The second-order valence-electron chi connectivity index (χ2n) is 4.34. The molecule has 1 saturated heterocycles. The van der Waals surface area contributed by atoms with E-state index >= 15 is 0 Å². The van der Waals surface area contributed by atoms with Crippen LogP contribution in [0.5, 0.6) is 0 Å². The van der Waals surface area contributed by atoms with E-state index in [1.807, 2.05) is 6.92 Å². The maximum Gasteiger partial charge on any atom is 0.325 e. The zero-order valence-electron chi connectivity index (χ0n) is 10.9. The molecule has 1 rings (SSSR count).